The van der Waals surface area contributed by atoms with E-state index in [0.717, 1.165) is 21.5 Å². The van der Waals surface area contributed by atoms with Crippen LogP contribution in [0.5, 0.6) is 0 Å². The highest BCUT2D eigenvalue weighted by molar-refractivity contribution is 9.11. The van der Waals surface area contributed by atoms with Gasteiger partial charge in [-0.25, -0.2) is 0 Å². The number of hydrogen-bond acceptors (Lipinski definition) is 3. The van der Waals surface area contributed by atoms with Crippen molar-refractivity contribution in [2.75, 3.05) is 0 Å². The van der Waals surface area contributed by atoms with Crippen molar-refractivity contribution < 1.29 is 4.79 Å². The molecule has 0 saturated carbocycles. The highest BCUT2D eigenvalue weighted by Crippen LogP contribution is 2.29. The zero-order valence-corrected chi connectivity index (χ0v) is 14.2. The van der Waals surface area contributed by atoms with Crippen LogP contribution in [0.3, 0.4) is 0 Å². The van der Waals surface area contributed by atoms with Crippen molar-refractivity contribution in [2.45, 2.75) is 57.7 Å². The lowest BCUT2D eigenvalue weighted by Crippen LogP contribution is -2.62. The molecule has 0 atom stereocenters. The zero-order chi connectivity index (χ0) is 14.3. The van der Waals surface area contributed by atoms with E-state index in [4.69, 9.17) is 0 Å². The zero-order valence-electron chi connectivity index (χ0n) is 11.8. The van der Waals surface area contributed by atoms with Crippen LogP contribution in [-0.4, -0.2) is 23.0 Å². The molecule has 2 rings (SSSR count). The molecule has 1 aliphatic rings. The van der Waals surface area contributed by atoms with Crippen LogP contribution in [0, 0.1) is 0 Å². The molecule has 0 aromatic carbocycles. The Morgan fingerprint density at radius 3 is 2.37 bits per heavy atom. The molecule has 1 aromatic heterocycles. The van der Waals surface area contributed by atoms with Crippen LogP contribution in [-0.2, 0) is 0 Å². The fourth-order valence-corrected chi connectivity index (χ4v) is 4.41. The Labute approximate surface area is 127 Å². The molecule has 106 valence electrons. The maximum absolute atomic E-state index is 12.2. The Hall–Kier alpha value is -0.390. The van der Waals surface area contributed by atoms with Crippen LogP contribution < -0.4 is 10.6 Å². The molecule has 1 aromatic rings. The molecular formula is C14H21BrN2OS. The van der Waals surface area contributed by atoms with Crippen LogP contribution >= 0.6 is 27.3 Å². The van der Waals surface area contributed by atoms with Gasteiger partial charge in [-0.3, -0.25) is 4.79 Å². The second-order valence-corrected chi connectivity index (χ2v) is 9.04. The number of rotatable bonds is 2. The third kappa shape index (κ3) is 4.04. The minimum atomic E-state index is 0.0363. The maximum Gasteiger partial charge on any atom is 0.261 e. The van der Waals surface area contributed by atoms with Gasteiger partial charge in [0, 0.05) is 17.1 Å². The van der Waals surface area contributed by atoms with Crippen LogP contribution in [0.15, 0.2) is 15.9 Å². The Kier molecular flexibility index (Phi) is 4.10. The summed E-state index contributed by atoms with van der Waals surface area (Å²) in [7, 11) is 0. The maximum atomic E-state index is 12.2. The molecule has 0 spiro atoms. The number of halogens is 1. The first-order valence-electron chi connectivity index (χ1n) is 6.52. The van der Waals surface area contributed by atoms with Gasteiger partial charge in [0.15, 0.2) is 0 Å². The lowest BCUT2D eigenvalue weighted by Gasteiger charge is -2.46. The third-order valence-electron chi connectivity index (χ3n) is 3.32. The summed E-state index contributed by atoms with van der Waals surface area (Å²) in [4.78, 5) is 13.0. The van der Waals surface area contributed by atoms with E-state index >= 15 is 0 Å². The summed E-state index contributed by atoms with van der Waals surface area (Å²) in [6, 6.07) is 4.00. The minimum Gasteiger partial charge on any atom is -0.348 e. The molecule has 0 unspecified atom stereocenters. The quantitative estimate of drug-likeness (QED) is 0.861. The average Bonchev–Trinajstić information content (AvgIpc) is 2.59. The van der Waals surface area contributed by atoms with Gasteiger partial charge in [0.05, 0.1) is 8.66 Å². The number of thiophene rings is 1. The Bertz CT molecular complexity index is 466. The molecule has 3 nitrogen and oxygen atoms in total. The largest absolute Gasteiger partial charge is 0.348 e. The molecule has 1 fully saturated rings. The van der Waals surface area contributed by atoms with Crippen LogP contribution in [0.25, 0.3) is 0 Å². The van der Waals surface area contributed by atoms with Gasteiger partial charge in [0.1, 0.15) is 0 Å². The lowest BCUT2D eigenvalue weighted by atomic mass is 9.79. The van der Waals surface area contributed by atoms with E-state index in [2.05, 4.69) is 54.3 Å². The van der Waals surface area contributed by atoms with Crippen molar-refractivity contribution in [3.63, 3.8) is 0 Å². The summed E-state index contributed by atoms with van der Waals surface area (Å²) in [5.41, 5.74) is 0.103. The second-order valence-electron chi connectivity index (χ2n) is 6.58. The number of hydrogen-bond donors (Lipinski definition) is 2. The lowest BCUT2D eigenvalue weighted by molar-refractivity contribution is 0.0877. The van der Waals surface area contributed by atoms with Crippen molar-refractivity contribution in [3.05, 3.63) is 20.8 Å². The normalized spacial score (nSPS) is 22.2. The molecule has 0 radical (unpaired) electrons. The van der Waals surface area contributed by atoms with Gasteiger partial charge in [0.25, 0.3) is 5.91 Å². The Morgan fingerprint density at radius 1 is 1.32 bits per heavy atom. The fourth-order valence-electron chi connectivity index (χ4n) is 3.12. The molecular weight excluding hydrogens is 324 g/mol. The van der Waals surface area contributed by atoms with Gasteiger partial charge in [-0.1, -0.05) is 0 Å². The van der Waals surface area contributed by atoms with Crippen LogP contribution in [0.1, 0.15) is 50.2 Å². The van der Waals surface area contributed by atoms with Crippen LogP contribution in [0.2, 0.25) is 0 Å². The van der Waals surface area contributed by atoms with Gasteiger partial charge in [-0.2, -0.15) is 0 Å². The van der Waals surface area contributed by atoms with Crippen molar-refractivity contribution >= 4 is 33.2 Å². The first-order valence-corrected chi connectivity index (χ1v) is 8.13. The average molecular weight is 345 g/mol. The van der Waals surface area contributed by atoms with Gasteiger partial charge in [-0.15, -0.1) is 11.3 Å². The molecule has 0 bridgehead atoms. The van der Waals surface area contributed by atoms with Crippen molar-refractivity contribution in [1.29, 1.82) is 0 Å². The summed E-state index contributed by atoms with van der Waals surface area (Å²) >= 11 is 4.86. The molecule has 2 heterocycles. The molecule has 2 N–H and O–H groups in total. The molecule has 1 saturated heterocycles. The van der Waals surface area contributed by atoms with Gasteiger partial charge >= 0.3 is 0 Å². The Balaban J connectivity index is 2.04. The summed E-state index contributed by atoms with van der Waals surface area (Å²) in [6.45, 7) is 8.76. The first kappa shape index (κ1) is 15.0. The highest BCUT2D eigenvalue weighted by atomic mass is 79.9. The predicted molar refractivity (Wildman–Crippen MR) is 83.8 cm³/mol. The number of carbonyl (C=O) groups is 1. The summed E-state index contributed by atoms with van der Waals surface area (Å²) in [5.74, 6) is 0.0363. The SMILES string of the molecule is CC1(C)CC(NC(=O)c2ccc(Br)s2)CC(C)(C)N1. The second kappa shape index (κ2) is 5.19. The van der Waals surface area contributed by atoms with E-state index in [0.29, 0.717) is 0 Å². The smallest absolute Gasteiger partial charge is 0.261 e. The van der Waals surface area contributed by atoms with E-state index < -0.39 is 0 Å². The van der Waals surface area contributed by atoms with Gasteiger partial charge in [0.2, 0.25) is 0 Å². The van der Waals surface area contributed by atoms with E-state index in [9.17, 15) is 4.79 Å². The van der Waals surface area contributed by atoms with E-state index in [1.54, 1.807) is 0 Å². The van der Waals surface area contributed by atoms with Gasteiger partial charge in [-0.05, 0) is 68.6 Å². The van der Waals surface area contributed by atoms with Crippen molar-refractivity contribution in [1.82, 2.24) is 10.6 Å². The molecule has 5 heteroatoms. The predicted octanol–water partition coefficient (Wildman–Crippen LogP) is 3.55. The summed E-state index contributed by atoms with van der Waals surface area (Å²) in [6.07, 6.45) is 1.91. The van der Waals surface area contributed by atoms with Crippen molar-refractivity contribution in [2.24, 2.45) is 0 Å². The van der Waals surface area contributed by atoms with E-state index in [1.165, 1.54) is 11.3 Å². The number of nitrogens with one attached hydrogen (secondary N) is 2. The summed E-state index contributed by atoms with van der Waals surface area (Å²) < 4.78 is 0.989. The topological polar surface area (TPSA) is 41.1 Å². The molecule has 1 aliphatic heterocycles. The fraction of sp³-hybridized carbons (Fsp3) is 0.643. The van der Waals surface area contributed by atoms with E-state index in [-0.39, 0.29) is 23.0 Å². The minimum absolute atomic E-state index is 0.0363. The van der Waals surface area contributed by atoms with Crippen molar-refractivity contribution in [3.8, 4) is 0 Å². The Morgan fingerprint density at radius 2 is 1.89 bits per heavy atom. The molecule has 19 heavy (non-hydrogen) atoms. The number of carbonyl (C=O) groups excluding carboxylic acids is 1. The summed E-state index contributed by atoms with van der Waals surface area (Å²) in [5, 5.41) is 6.79. The molecule has 0 aliphatic carbocycles. The first-order chi connectivity index (χ1) is 8.67. The number of piperidine rings is 1. The van der Waals surface area contributed by atoms with Gasteiger partial charge < -0.3 is 10.6 Å². The van der Waals surface area contributed by atoms with E-state index in [1.807, 2.05) is 12.1 Å². The standard InChI is InChI=1S/C14H21BrN2OS/c1-13(2)7-9(8-14(3,4)17-13)16-12(18)10-5-6-11(15)19-10/h5-6,9,17H,7-8H2,1-4H3,(H,16,18). The molecule has 1 amide bonds. The third-order valence-corrected chi connectivity index (χ3v) is 4.94. The highest BCUT2D eigenvalue weighted by Gasteiger charge is 2.38. The number of amides is 1. The monoisotopic (exact) mass is 344 g/mol. The van der Waals surface area contributed by atoms with Crippen LogP contribution in [0.4, 0.5) is 0 Å².